The van der Waals surface area contributed by atoms with Crippen LogP contribution in [0.25, 0.3) is 44.1 Å². The van der Waals surface area contributed by atoms with Gasteiger partial charge in [0.2, 0.25) is 0 Å². The van der Waals surface area contributed by atoms with Gasteiger partial charge in [-0.25, -0.2) is 4.98 Å². The van der Waals surface area contributed by atoms with Crippen molar-refractivity contribution in [2.75, 3.05) is 0 Å². The highest BCUT2D eigenvalue weighted by Gasteiger charge is 2.06. The lowest BCUT2D eigenvalue weighted by atomic mass is 9.99. The van der Waals surface area contributed by atoms with E-state index in [0.717, 1.165) is 27.0 Å². The number of nitrogens with zero attached hydrogens (tertiary/aromatic N) is 2. The van der Waals surface area contributed by atoms with E-state index in [-0.39, 0.29) is 0 Å². The van der Waals surface area contributed by atoms with E-state index in [1.807, 2.05) is 18.2 Å². The molecule has 5 rings (SSSR count). The van der Waals surface area contributed by atoms with Crippen LogP contribution in [0.1, 0.15) is 0 Å². The molecule has 0 saturated heterocycles. The highest BCUT2D eigenvalue weighted by atomic mass is 79.9. The van der Waals surface area contributed by atoms with Crippen molar-refractivity contribution in [3.63, 3.8) is 0 Å². The van der Waals surface area contributed by atoms with Crippen molar-refractivity contribution in [2.24, 2.45) is 0 Å². The number of halogens is 1. The smallest absolute Gasteiger partial charge is 0.0710 e. The Morgan fingerprint density at radius 1 is 0.593 bits per heavy atom. The average molecular weight is 411 g/mol. The van der Waals surface area contributed by atoms with E-state index < -0.39 is 0 Å². The van der Waals surface area contributed by atoms with Crippen LogP contribution in [0.3, 0.4) is 0 Å². The van der Waals surface area contributed by atoms with Crippen LogP contribution in [0, 0.1) is 0 Å². The molecule has 5 aromatic rings. The maximum atomic E-state index is 4.86. The molecule has 0 N–H and O–H groups in total. The minimum Gasteiger partial charge on any atom is -0.265 e. The van der Waals surface area contributed by atoms with Gasteiger partial charge in [-0.2, -0.15) is 0 Å². The van der Waals surface area contributed by atoms with Gasteiger partial charge in [-0.05, 0) is 64.0 Å². The molecule has 0 radical (unpaired) electrons. The van der Waals surface area contributed by atoms with E-state index in [9.17, 15) is 0 Å². The van der Waals surface area contributed by atoms with Crippen LogP contribution in [0.2, 0.25) is 0 Å². The lowest BCUT2D eigenvalue weighted by Crippen LogP contribution is -1.88. The first kappa shape index (κ1) is 16.2. The van der Waals surface area contributed by atoms with E-state index in [0.29, 0.717) is 0 Å². The largest absolute Gasteiger partial charge is 0.265 e. The molecule has 0 amide bonds. The van der Waals surface area contributed by atoms with Gasteiger partial charge in [0.1, 0.15) is 0 Å². The van der Waals surface area contributed by atoms with Gasteiger partial charge < -0.3 is 0 Å². The second-order valence-corrected chi connectivity index (χ2v) is 7.43. The molecule has 2 nitrogen and oxygen atoms in total. The van der Waals surface area contributed by atoms with E-state index in [1.165, 1.54) is 21.5 Å². The molecule has 0 saturated carbocycles. The fraction of sp³-hybridized carbons (Fsp3) is 0. The van der Waals surface area contributed by atoms with Crippen LogP contribution >= 0.6 is 15.9 Å². The third-order valence-electron chi connectivity index (χ3n) is 4.82. The molecule has 0 atom stereocenters. The first-order valence-corrected chi connectivity index (χ1v) is 9.57. The summed E-state index contributed by atoms with van der Waals surface area (Å²) in [5, 5.41) is 4.98. The number of benzene rings is 3. The van der Waals surface area contributed by atoms with Crippen LogP contribution in [-0.2, 0) is 0 Å². The van der Waals surface area contributed by atoms with Gasteiger partial charge in [-0.15, -0.1) is 0 Å². The fourth-order valence-corrected chi connectivity index (χ4v) is 3.86. The molecule has 0 aliphatic carbocycles. The van der Waals surface area contributed by atoms with Crippen molar-refractivity contribution in [3.8, 4) is 22.5 Å². The summed E-state index contributed by atoms with van der Waals surface area (Å²) in [5.74, 6) is 0. The van der Waals surface area contributed by atoms with Gasteiger partial charge in [0.25, 0.3) is 0 Å². The summed E-state index contributed by atoms with van der Waals surface area (Å²) in [6.07, 6.45) is 3.59. The highest BCUT2D eigenvalue weighted by molar-refractivity contribution is 9.10. The molecule has 0 aliphatic heterocycles. The van der Waals surface area contributed by atoms with E-state index in [1.54, 1.807) is 12.4 Å². The number of rotatable bonds is 2. The molecule has 0 bridgehead atoms. The quantitative estimate of drug-likeness (QED) is 0.296. The summed E-state index contributed by atoms with van der Waals surface area (Å²) in [6.45, 7) is 0. The fourth-order valence-electron chi connectivity index (χ4n) is 3.48. The average Bonchev–Trinajstić information content (AvgIpc) is 2.74. The zero-order valence-corrected chi connectivity index (χ0v) is 16.0. The molecule has 128 valence electrons. The molecular formula is C24H15BrN2. The van der Waals surface area contributed by atoms with E-state index in [2.05, 4.69) is 81.6 Å². The maximum Gasteiger partial charge on any atom is 0.0710 e. The lowest BCUT2D eigenvalue weighted by molar-refractivity contribution is 1.29. The van der Waals surface area contributed by atoms with Crippen molar-refractivity contribution in [2.45, 2.75) is 0 Å². The van der Waals surface area contributed by atoms with Crippen LogP contribution in [0.4, 0.5) is 0 Å². The summed E-state index contributed by atoms with van der Waals surface area (Å²) < 4.78 is 1.10. The standard InChI is InChI=1S/C24H15BrN2/c25-20-7-9-22-18(15-20)5-4-17-14-19(6-8-21(17)22)24-3-1-2-23(27-24)16-10-12-26-13-11-16/h1-15H. The Bertz CT molecular complexity index is 1280. The number of hydrogen-bond donors (Lipinski definition) is 0. The van der Waals surface area contributed by atoms with E-state index in [4.69, 9.17) is 4.98 Å². The number of aromatic nitrogens is 2. The second kappa shape index (κ2) is 6.60. The van der Waals surface area contributed by atoms with Crippen molar-refractivity contribution >= 4 is 37.5 Å². The molecule has 3 aromatic carbocycles. The minimum absolute atomic E-state index is 0.957. The summed E-state index contributed by atoms with van der Waals surface area (Å²) in [4.78, 5) is 8.95. The lowest BCUT2D eigenvalue weighted by Gasteiger charge is -2.08. The molecule has 0 aliphatic rings. The normalized spacial score (nSPS) is 11.1. The molecule has 0 fully saturated rings. The second-order valence-electron chi connectivity index (χ2n) is 6.51. The monoisotopic (exact) mass is 410 g/mol. The van der Waals surface area contributed by atoms with Crippen LogP contribution < -0.4 is 0 Å². The van der Waals surface area contributed by atoms with Gasteiger partial charge in [0.15, 0.2) is 0 Å². The Hall–Kier alpha value is -3.04. The third-order valence-corrected chi connectivity index (χ3v) is 5.31. The van der Waals surface area contributed by atoms with Gasteiger partial charge >= 0.3 is 0 Å². The maximum absolute atomic E-state index is 4.86. The predicted octanol–water partition coefficient (Wildman–Crippen LogP) is 6.88. The highest BCUT2D eigenvalue weighted by Crippen LogP contribution is 2.31. The molecule has 2 aromatic heterocycles. The molecule has 0 spiro atoms. The SMILES string of the molecule is Brc1ccc2c(ccc3cc(-c4cccc(-c5ccncc5)n4)ccc32)c1. The summed E-state index contributed by atoms with van der Waals surface area (Å²) in [5.41, 5.74) is 4.12. The van der Waals surface area contributed by atoms with Crippen molar-refractivity contribution in [3.05, 3.63) is 95.7 Å². The van der Waals surface area contributed by atoms with Gasteiger partial charge in [-0.1, -0.05) is 52.3 Å². The summed E-state index contributed by atoms with van der Waals surface area (Å²) in [6, 6.07) is 27.5. The zero-order chi connectivity index (χ0) is 18.2. The molecule has 2 heterocycles. The summed E-state index contributed by atoms with van der Waals surface area (Å²) >= 11 is 3.55. The third kappa shape index (κ3) is 3.00. The first-order valence-electron chi connectivity index (χ1n) is 8.78. The van der Waals surface area contributed by atoms with Gasteiger partial charge in [0, 0.05) is 28.0 Å². The van der Waals surface area contributed by atoms with Crippen LogP contribution in [0.15, 0.2) is 95.7 Å². The van der Waals surface area contributed by atoms with E-state index >= 15 is 0 Å². The van der Waals surface area contributed by atoms with Gasteiger partial charge in [0.05, 0.1) is 11.4 Å². The van der Waals surface area contributed by atoms with Crippen molar-refractivity contribution < 1.29 is 0 Å². The molecule has 0 unspecified atom stereocenters. The Kier molecular flexibility index (Phi) is 3.95. The predicted molar refractivity (Wildman–Crippen MR) is 116 cm³/mol. The molecule has 3 heteroatoms. The van der Waals surface area contributed by atoms with Crippen LogP contribution in [-0.4, -0.2) is 9.97 Å². The van der Waals surface area contributed by atoms with Crippen LogP contribution in [0.5, 0.6) is 0 Å². The zero-order valence-electron chi connectivity index (χ0n) is 14.4. The Morgan fingerprint density at radius 3 is 2.04 bits per heavy atom. The Morgan fingerprint density at radius 2 is 1.26 bits per heavy atom. The number of hydrogen-bond acceptors (Lipinski definition) is 2. The minimum atomic E-state index is 0.957. The summed E-state index contributed by atoms with van der Waals surface area (Å²) in [7, 11) is 0. The van der Waals surface area contributed by atoms with Crippen molar-refractivity contribution in [1.29, 1.82) is 0 Å². The number of fused-ring (bicyclic) bond motifs is 3. The number of pyridine rings is 2. The Labute approximate surface area is 165 Å². The topological polar surface area (TPSA) is 25.8 Å². The van der Waals surface area contributed by atoms with Crippen molar-refractivity contribution in [1.82, 2.24) is 9.97 Å². The Balaban J connectivity index is 1.63. The first-order chi connectivity index (χ1) is 13.3. The molecular weight excluding hydrogens is 396 g/mol. The van der Waals surface area contributed by atoms with Gasteiger partial charge in [-0.3, -0.25) is 4.98 Å². The molecule has 27 heavy (non-hydrogen) atoms.